The maximum absolute atomic E-state index is 11.3. The maximum Gasteiger partial charge on any atom is 0.310 e. The van der Waals surface area contributed by atoms with Crippen molar-refractivity contribution in [1.82, 2.24) is 4.90 Å². The Kier molecular flexibility index (Phi) is 5.60. The zero-order valence-electron chi connectivity index (χ0n) is 11.7. The van der Waals surface area contributed by atoms with Crippen molar-refractivity contribution in [3.8, 4) is 0 Å². The van der Waals surface area contributed by atoms with E-state index in [2.05, 4.69) is 11.8 Å². The first-order chi connectivity index (χ1) is 9.22. The third kappa shape index (κ3) is 3.91. The van der Waals surface area contributed by atoms with Gasteiger partial charge in [-0.05, 0) is 32.2 Å². The minimum absolute atomic E-state index is 0.00276. The summed E-state index contributed by atoms with van der Waals surface area (Å²) in [6, 6.07) is 0.00276. The Hall–Kier alpha value is -0.650. The van der Waals surface area contributed by atoms with E-state index in [1.807, 2.05) is 0 Å². The molecule has 2 heterocycles. The van der Waals surface area contributed by atoms with E-state index in [-0.39, 0.29) is 12.1 Å². The molecule has 2 saturated heterocycles. The second-order valence-electron chi connectivity index (χ2n) is 5.53. The SMILES string of the molecule is CCCN(CC1CCCCO1)C1COCC1C(=O)O. The molecule has 3 unspecified atom stereocenters. The van der Waals surface area contributed by atoms with Crippen LogP contribution in [-0.2, 0) is 14.3 Å². The molecule has 0 aliphatic carbocycles. The van der Waals surface area contributed by atoms with Crippen LogP contribution in [0.3, 0.4) is 0 Å². The lowest BCUT2D eigenvalue weighted by atomic mass is 10.0. The van der Waals surface area contributed by atoms with Gasteiger partial charge >= 0.3 is 5.97 Å². The number of hydrogen-bond donors (Lipinski definition) is 1. The molecule has 2 aliphatic rings. The quantitative estimate of drug-likeness (QED) is 0.790. The summed E-state index contributed by atoms with van der Waals surface area (Å²) in [5.74, 6) is -1.14. The monoisotopic (exact) mass is 271 g/mol. The number of nitrogens with zero attached hydrogens (tertiary/aromatic N) is 1. The lowest BCUT2D eigenvalue weighted by molar-refractivity contribution is -0.143. The van der Waals surface area contributed by atoms with Crippen molar-refractivity contribution in [1.29, 1.82) is 0 Å². The van der Waals surface area contributed by atoms with Crippen molar-refractivity contribution in [2.45, 2.75) is 44.8 Å². The topological polar surface area (TPSA) is 59.0 Å². The molecule has 2 rings (SSSR count). The zero-order valence-corrected chi connectivity index (χ0v) is 11.7. The Morgan fingerprint density at radius 3 is 2.84 bits per heavy atom. The maximum atomic E-state index is 11.3. The number of carboxylic acid groups (broad SMARTS) is 1. The van der Waals surface area contributed by atoms with Gasteiger partial charge in [0.25, 0.3) is 0 Å². The summed E-state index contributed by atoms with van der Waals surface area (Å²) in [5, 5.41) is 9.27. The van der Waals surface area contributed by atoms with Crippen molar-refractivity contribution >= 4 is 5.97 Å². The molecule has 5 heteroatoms. The molecule has 0 radical (unpaired) electrons. The lowest BCUT2D eigenvalue weighted by Crippen LogP contribution is -2.47. The number of carboxylic acids is 1. The van der Waals surface area contributed by atoms with Gasteiger partial charge in [0.2, 0.25) is 0 Å². The van der Waals surface area contributed by atoms with Crippen LogP contribution in [0, 0.1) is 5.92 Å². The van der Waals surface area contributed by atoms with Gasteiger partial charge in [0, 0.05) is 19.2 Å². The van der Waals surface area contributed by atoms with E-state index >= 15 is 0 Å². The normalized spacial score (nSPS) is 31.8. The Labute approximate surface area is 114 Å². The van der Waals surface area contributed by atoms with Crippen LogP contribution in [0.4, 0.5) is 0 Å². The van der Waals surface area contributed by atoms with E-state index in [9.17, 15) is 9.90 Å². The van der Waals surface area contributed by atoms with Gasteiger partial charge in [-0.1, -0.05) is 6.92 Å². The molecule has 0 spiro atoms. The number of carbonyl (C=O) groups is 1. The third-order valence-electron chi connectivity index (χ3n) is 4.06. The van der Waals surface area contributed by atoms with E-state index < -0.39 is 11.9 Å². The molecule has 2 fully saturated rings. The Balaban J connectivity index is 1.95. The van der Waals surface area contributed by atoms with Gasteiger partial charge in [0.05, 0.1) is 25.2 Å². The first-order valence-electron chi connectivity index (χ1n) is 7.38. The third-order valence-corrected chi connectivity index (χ3v) is 4.06. The van der Waals surface area contributed by atoms with Crippen molar-refractivity contribution < 1.29 is 19.4 Å². The second-order valence-corrected chi connectivity index (χ2v) is 5.53. The molecule has 19 heavy (non-hydrogen) atoms. The molecule has 5 nitrogen and oxygen atoms in total. The van der Waals surface area contributed by atoms with Crippen LogP contribution >= 0.6 is 0 Å². The molecule has 0 aromatic carbocycles. The lowest BCUT2D eigenvalue weighted by Gasteiger charge is -2.34. The van der Waals surface area contributed by atoms with Gasteiger partial charge in [0.15, 0.2) is 0 Å². The van der Waals surface area contributed by atoms with E-state index in [1.54, 1.807) is 0 Å². The summed E-state index contributed by atoms with van der Waals surface area (Å²) in [4.78, 5) is 13.5. The Morgan fingerprint density at radius 1 is 1.37 bits per heavy atom. The molecular weight excluding hydrogens is 246 g/mol. The van der Waals surface area contributed by atoms with E-state index in [0.29, 0.717) is 13.2 Å². The molecular formula is C14H25NO4. The first-order valence-corrected chi connectivity index (χ1v) is 7.38. The van der Waals surface area contributed by atoms with E-state index in [0.717, 1.165) is 39.0 Å². The minimum Gasteiger partial charge on any atom is -0.481 e. The minimum atomic E-state index is -0.742. The Bertz CT molecular complexity index is 291. The molecule has 0 saturated carbocycles. The van der Waals surface area contributed by atoms with Gasteiger partial charge in [-0.3, -0.25) is 9.69 Å². The summed E-state index contributed by atoms with van der Waals surface area (Å²) < 4.78 is 11.2. The second kappa shape index (κ2) is 7.22. The highest BCUT2D eigenvalue weighted by Crippen LogP contribution is 2.23. The van der Waals surface area contributed by atoms with E-state index in [4.69, 9.17) is 9.47 Å². The number of aliphatic carboxylic acids is 1. The van der Waals surface area contributed by atoms with Crippen LogP contribution in [0.15, 0.2) is 0 Å². The number of rotatable bonds is 6. The van der Waals surface area contributed by atoms with Crippen molar-refractivity contribution in [3.63, 3.8) is 0 Å². The number of ether oxygens (including phenoxy) is 2. The highest BCUT2D eigenvalue weighted by atomic mass is 16.5. The predicted molar refractivity (Wildman–Crippen MR) is 71.2 cm³/mol. The predicted octanol–water partition coefficient (Wildman–Crippen LogP) is 1.37. The highest BCUT2D eigenvalue weighted by molar-refractivity contribution is 5.71. The van der Waals surface area contributed by atoms with Crippen molar-refractivity contribution in [2.75, 3.05) is 32.9 Å². The van der Waals surface area contributed by atoms with Crippen LogP contribution in [0.1, 0.15) is 32.6 Å². The molecule has 0 aromatic rings. The molecule has 110 valence electrons. The molecule has 1 N–H and O–H groups in total. The van der Waals surface area contributed by atoms with Gasteiger partial charge in [0.1, 0.15) is 0 Å². The van der Waals surface area contributed by atoms with Crippen LogP contribution in [0.25, 0.3) is 0 Å². The largest absolute Gasteiger partial charge is 0.481 e. The van der Waals surface area contributed by atoms with Gasteiger partial charge in [-0.15, -0.1) is 0 Å². The molecule has 2 aliphatic heterocycles. The van der Waals surface area contributed by atoms with Crippen molar-refractivity contribution in [3.05, 3.63) is 0 Å². The average molecular weight is 271 g/mol. The average Bonchev–Trinajstić information content (AvgIpc) is 2.89. The summed E-state index contributed by atoms with van der Waals surface area (Å²) in [6.07, 6.45) is 4.74. The van der Waals surface area contributed by atoms with Crippen LogP contribution in [-0.4, -0.2) is 61.0 Å². The fourth-order valence-corrected chi connectivity index (χ4v) is 3.03. The van der Waals surface area contributed by atoms with Crippen molar-refractivity contribution in [2.24, 2.45) is 5.92 Å². The van der Waals surface area contributed by atoms with E-state index in [1.165, 1.54) is 6.42 Å². The van der Waals surface area contributed by atoms with Gasteiger partial charge in [-0.2, -0.15) is 0 Å². The summed E-state index contributed by atoms with van der Waals surface area (Å²) >= 11 is 0. The van der Waals surface area contributed by atoms with Gasteiger partial charge in [-0.25, -0.2) is 0 Å². The zero-order chi connectivity index (χ0) is 13.7. The molecule has 0 aromatic heterocycles. The van der Waals surface area contributed by atoms with Crippen LogP contribution in [0.2, 0.25) is 0 Å². The highest BCUT2D eigenvalue weighted by Gasteiger charge is 2.38. The number of hydrogen-bond acceptors (Lipinski definition) is 4. The molecule has 0 bridgehead atoms. The summed E-state index contributed by atoms with van der Waals surface area (Å²) in [6.45, 7) is 5.59. The Morgan fingerprint density at radius 2 is 2.21 bits per heavy atom. The fraction of sp³-hybridized carbons (Fsp3) is 0.929. The van der Waals surface area contributed by atoms with Crippen LogP contribution < -0.4 is 0 Å². The molecule has 3 atom stereocenters. The standard InChI is InChI=1S/C14H25NO4/c1-2-6-15(8-11-5-3-4-7-19-11)13-10-18-9-12(13)14(16)17/h11-13H,2-10H2,1H3,(H,16,17). The smallest absolute Gasteiger partial charge is 0.310 e. The molecule has 0 amide bonds. The summed E-state index contributed by atoms with van der Waals surface area (Å²) in [7, 11) is 0. The first kappa shape index (κ1) is 14.8. The fourth-order valence-electron chi connectivity index (χ4n) is 3.03. The van der Waals surface area contributed by atoms with Gasteiger partial charge < -0.3 is 14.6 Å². The van der Waals surface area contributed by atoms with Crippen LogP contribution in [0.5, 0.6) is 0 Å². The summed E-state index contributed by atoms with van der Waals surface area (Å²) in [5.41, 5.74) is 0.